The van der Waals surface area contributed by atoms with Crippen molar-refractivity contribution in [1.29, 1.82) is 0 Å². The third-order valence-corrected chi connectivity index (χ3v) is 7.73. The third-order valence-electron chi connectivity index (χ3n) is 7.13. The number of ether oxygens (including phenoxy) is 1. The van der Waals surface area contributed by atoms with E-state index in [1.54, 1.807) is 13.0 Å². The second kappa shape index (κ2) is 12.4. The molecule has 5 rings (SSSR count). The average molecular weight is 564 g/mol. The van der Waals surface area contributed by atoms with Crippen LogP contribution in [0.4, 0.5) is 9.52 Å². The van der Waals surface area contributed by atoms with Gasteiger partial charge >= 0.3 is 5.97 Å². The molecule has 0 bridgehead atoms. The Labute approximate surface area is 234 Å². The van der Waals surface area contributed by atoms with Crippen LogP contribution in [-0.4, -0.2) is 45.2 Å². The van der Waals surface area contributed by atoms with Gasteiger partial charge in [0.25, 0.3) is 0 Å². The summed E-state index contributed by atoms with van der Waals surface area (Å²) in [6.07, 6.45) is 2.07. The fourth-order valence-corrected chi connectivity index (χ4v) is 5.89. The Morgan fingerprint density at radius 3 is 2.70 bits per heavy atom. The number of hydrogen-bond donors (Lipinski definition) is 2. The van der Waals surface area contributed by atoms with Gasteiger partial charge < -0.3 is 19.9 Å². The predicted molar refractivity (Wildman–Crippen MR) is 149 cm³/mol. The number of halogens is 1. The Morgan fingerprint density at radius 1 is 1.15 bits per heavy atom. The summed E-state index contributed by atoms with van der Waals surface area (Å²) in [5.41, 5.74) is 5.11. The van der Waals surface area contributed by atoms with E-state index in [9.17, 15) is 18.8 Å². The number of amides is 2. The third kappa shape index (κ3) is 6.36. The Bertz CT molecular complexity index is 1510. The van der Waals surface area contributed by atoms with E-state index in [-0.39, 0.29) is 61.6 Å². The summed E-state index contributed by atoms with van der Waals surface area (Å²) in [4.78, 5) is 38.3. The van der Waals surface area contributed by atoms with E-state index in [1.165, 1.54) is 29.0 Å². The van der Waals surface area contributed by atoms with E-state index in [4.69, 9.17) is 4.74 Å². The van der Waals surface area contributed by atoms with Crippen LogP contribution in [0.3, 0.4) is 0 Å². The highest BCUT2D eigenvalue weighted by molar-refractivity contribution is 7.13. The van der Waals surface area contributed by atoms with Crippen LogP contribution in [0.2, 0.25) is 0 Å². The zero-order valence-electron chi connectivity index (χ0n) is 22.1. The lowest BCUT2D eigenvalue weighted by Crippen LogP contribution is -2.39. The molecule has 0 aliphatic heterocycles. The molecule has 1 aliphatic rings. The number of carbonyl (C=O) groups is 3. The first-order valence-electron chi connectivity index (χ1n) is 13.3. The molecule has 208 valence electrons. The number of anilines is 1. The topological polar surface area (TPSA) is 115 Å². The van der Waals surface area contributed by atoms with E-state index >= 15 is 0 Å². The van der Waals surface area contributed by atoms with Crippen molar-refractivity contribution in [2.75, 3.05) is 11.9 Å². The maximum Gasteiger partial charge on any atom is 0.325 e. The first kappa shape index (κ1) is 27.4. The Balaban J connectivity index is 1.30. The molecule has 4 aromatic rings. The van der Waals surface area contributed by atoms with Gasteiger partial charge in [0.1, 0.15) is 17.9 Å². The number of benzene rings is 2. The second-order valence-electron chi connectivity index (χ2n) is 9.79. The van der Waals surface area contributed by atoms with Gasteiger partial charge in [-0.3, -0.25) is 14.4 Å². The number of nitrogens with zero attached hydrogens (tertiary/aromatic N) is 3. The summed E-state index contributed by atoms with van der Waals surface area (Å²) in [5.74, 6) is -1.42. The van der Waals surface area contributed by atoms with Crippen LogP contribution < -0.4 is 10.6 Å². The van der Waals surface area contributed by atoms with Crippen molar-refractivity contribution in [2.45, 2.75) is 57.5 Å². The molecule has 2 aromatic carbocycles. The number of esters is 1. The van der Waals surface area contributed by atoms with Crippen molar-refractivity contribution in [1.82, 2.24) is 20.1 Å². The van der Waals surface area contributed by atoms with Crippen molar-refractivity contribution >= 4 is 45.2 Å². The molecule has 1 unspecified atom stereocenters. The quantitative estimate of drug-likeness (QED) is 0.277. The molecule has 0 saturated heterocycles. The molecule has 9 nitrogen and oxygen atoms in total. The summed E-state index contributed by atoms with van der Waals surface area (Å²) >= 11 is 1.23. The summed E-state index contributed by atoms with van der Waals surface area (Å²) in [5, 5.41) is 14.6. The zero-order chi connectivity index (χ0) is 28.1. The fraction of sp³-hybridized carbons (Fsp3) is 0.345. The Hall–Kier alpha value is -4.12. The van der Waals surface area contributed by atoms with Gasteiger partial charge in [-0.15, -0.1) is 10.2 Å². The largest absolute Gasteiger partial charge is 0.465 e. The zero-order valence-corrected chi connectivity index (χ0v) is 22.9. The molecule has 2 amide bonds. The van der Waals surface area contributed by atoms with Gasteiger partial charge in [-0.1, -0.05) is 41.7 Å². The molecule has 0 saturated carbocycles. The minimum atomic E-state index is -0.354. The predicted octanol–water partition coefficient (Wildman–Crippen LogP) is 4.37. The van der Waals surface area contributed by atoms with Crippen molar-refractivity contribution in [2.24, 2.45) is 0 Å². The van der Waals surface area contributed by atoms with Crippen LogP contribution in [0.1, 0.15) is 48.9 Å². The molecule has 1 aliphatic carbocycles. The van der Waals surface area contributed by atoms with Gasteiger partial charge in [0.05, 0.1) is 6.61 Å². The van der Waals surface area contributed by atoms with Gasteiger partial charge in [0, 0.05) is 41.4 Å². The molecule has 2 N–H and O–H groups in total. The minimum absolute atomic E-state index is 0.0558. The van der Waals surface area contributed by atoms with E-state index in [0.717, 1.165) is 27.7 Å². The molecular weight excluding hydrogens is 533 g/mol. The van der Waals surface area contributed by atoms with E-state index in [0.29, 0.717) is 24.4 Å². The number of aromatic nitrogens is 3. The summed E-state index contributed by atoms with van der Waals surface area (Å²) in [6.45, 7) is 2.11. The summed E-state index contributed by atoms with van der Waals surface area (Å²) in [7, 11) is 0. The van der Waals surface area contributed by atoms with Gasteiger partial charge in [-0.25, -0.2) is 4.39 Å². The van der Waals surface area contributed by atoms with Crippen LogP contribution in [0.5, 0.6) is 0 Å². The molecule has 2 aromatic heterocycles. The van der Waals surface area contributed by atoms with Crippen LogP contribution in [0, 0.1) is 5.82 Å². The molecule has 2 heterocycles. The van der Waals surface area contributed by atoms with Crippen LogP contribution in [0.15, 0.2) is 54.0 Å². The normalized spacial score (nSPS) is 15.3. The highest BCUT2D eigenvalue weighted by atomic mass is 32.1. The molecule has 40 heavy (non-hydrogen) atoms. The van der Waals surface area contributed by atoms with Crippen molar-refractivity contribution < 1.29 is 23.5 Å². The van der Waals surface area contributed by atoms with Gasteiger partial charge in [0.2, 0.25) is 16.9 Å². The Kier molecular flexibility index (Phi) is 8.49. The van der Waals surface area contributed by atoms with Crippen molar-refractivity contribution in [3.8, 4) is 0 Å². The van der Waals surface area contributed by atoms with E-state index < -0.39 is 0 Å². The van der Waals surface area contributed by atoms with Crippen LogP contribution in [0.25, 0.3) is 10.9 Å². The molecule has 0 radical (unpaired) electrons. The minimum Gasteiger partial charge on any atom is -0.465 e. The monoisotopic (exact) mass is 563 g/mol. The van der Waals surface area contributed by atoms with Gasteiger partial charge in [0.15, 0.2) is 0 Å². The van der Waals surface area contributed by atoms with Gasteiger partial charge in [-0.05, 0) is 55.5 Å². The number of fused-ring (bicyclic) bond motifs is 3. The fourth-order valence-electron chi connectivity index (χ4n) is 5.43. The summed E-state index contributed by atoms with van der Waals surface area (Å²) < 4.78 is 21.3. The second-order valence-corrected chi connectivity index (χ2v) is 10.6. The SMILES string of the molecule is CCOC(=O)Cn1c2c(c3cc(F)ccc31)C[C@@H](NC(=O)CC(CC(=O)Nc1nncs1)c1ccccc1)CC2. The smallest absolute Gasteiger partial charge is 0.325 e. The standard InChI is InChI=1S/C29H30FN5O4S/c1-2-39-28(38)16-35-24-10-8-20(30)14-22(24)23-15-21(9-11-25(23)35)32-26(36)12-19(18-6-4-3-5-7-18)13-27(37)33-29-34-31-17-40-29/h3-8,10,14,17,19,21H,2,9,11-13,15-16H2,1H3,(H,32,36)(H,33,34,37)/t19?,21-/m0/s1. The van der Waals surface area contributed by atoms with E-state index in [1.807, 2.05) is 34.9 Å². The maximum atomic E-state index is 14.2. The molecule has 0 fully saturated rings. The van der Waals surface area contributed by atoms with Crippen LogP contribution >= 0.6 is 11.3 Å². The average Bonchev–Trinajstić information content (AvgIpc) is 3.55. The lowest BCUT2D eigenvalue weighted by molar-refractivity contribution is -0.143. The lowest BCUT2D eigenvalue weighted by atomic mass is 9.89. The lowest BCUT2D eigenvalue weighted by Gasteiger charge is -2.26. The molecular formula is C29H30FN5O4S. The highest BCUT2D eigenvalue weighted by Crippen LogP contribution is 2.33. The van der Waals surface area contributed by atoms with Crippen molar-refractivity contribution in [3.05, 3.63) is 76.7 Å². The molecule has 2 atom stereocenters. The first-order chi connectivity index (χ1) is 19.4. The number of nitrogens with one attached hydrogen (secondary N) is 2. The molecule has 0 spiro atoms. The molecule has 11 heteroatoms. The number of carbonyl (C=O) groups excluding carboxylic acids is 3. The van der Waals surface area contributed by atoms with Crippen molar-refractivity contribution in [3.63, 3.8) is 0 Å². The van der Waals surface area contributed by atoms with Gasteiger partial charge in [-0.2, -0.15) is 0 Å². The number of rotatable bonds is 10. The highest BCUT2D eigenvalue weighted by Gasteiger charge is 2.28. The maximum absolute atomic E-state index is 14.2. The number of hydrogen-bond acceptors (Lipinski definition) is 7. The van der Waals surface area contributed by atoms with Crippen LogP contribution in [-0.2, 0) is 38.5 Å². The summed E-state index contributed by atoms with van der Waals surface area (Å²) in [6, 6.07) is 13.9. The first-order valence-corrected chi connectivity index (χ1v) is 14.1. The Morgan fingerprint density at radius 2 is 1.95 bits per heavy atom. The van der Waals surface area contributed by atoms with E-state index in [2.05, 4.69) is 20.8 Å².